The lowest BCUT2D eigenvalue weighted by Gasteiger charge is -2.18. The summed E-state index contributed by atoms with van der Waals surface area (Å²) in [5.74, 6) is 0.948. The molecule has 0 aliphatic rings. The van der Waals surface area contributed by atoms with Crippen LogP contribution < -0.4 is 9.46 Å². The number of nitrogens with zero attached hydrogens (tertiary/aromatic N) is 4. The lowest BCUT2D eigenvalue weighted by atomic mass is 10.1. The summed E-state index contributed by atoms with van der Waals surface area (Å²) >= 11 is 0. The van der Waals surface area contributed by atoms with Gasteiger partial charge in [0.15, 0.2) is 0 Å². The molecule has 0 spiro atoms. The predicted molar refractivity (Wildman–Crippen MR) is 97.4 cm³/mol. The van der Waals surface area contributed by atoms with Crippen LogP contribution >= 0.6 is 0 Å². The third-order valence-electron chi connectivity index (χ3n) is 3.97. The second-order valence-electron chi connectivity index (χ2n) is 6.35. The first-order chi connectivity index (χ1) is 12.8. The van der Waals surface area contributed by atoms with Crippen molar-refractivity contribution >= 4 is 10.0 Å². The summed E-state index contributed by atoms with van der Waals surface area (Å²) in [4.78, 5) is 4.44. The van der Waals surface area contributed by atoms with E-state index < -0.39 is 16.1 Å². The predicted octanol–water partition coefficient (Wildman–Crippen LogP) is 2.15. The lowest BCUT2D eigenvalue weighted by molar-refractivity contribution is 0.311. The second kappa shape index (κ2) is 7.49. The molecule has 2 aromatic heterocycles. The molecule has 0 saturated heterocycles. The van der Waals surface area contributed by atoms with E-state index in [0.717, 1.165) is 0 Å². The Balaban J connectivity index is 1.86. The van der Waals surface area contributed by atoms with Gasteiger partial charge in [0, 0.05) is 13.2 Å². The van der Waals surface area contributed by atoms with E-state index >= 15 is 0 Å². The number of ether oxygens (including phenoxy) is 1. The van der Waals surface area contributed by atoms with Gasteiger partial charge in [-0.25, -0.2) is 8.42 Å². The molecule has 2 heterocycles. The maximum Gasteiger partial charge on any atom is 0.245 e. The number of sulfonamides is 1. The summed E-state index contributed by atoms with van der Waals surface area (Å²) in [6.45, 7) is 3.73. The molecular formula is C17H21N5O4S. The maximum absolute atomic E-state index is 12.7. The van der Waals surface area contributed by atoms with Crippen LogP contribution in [0.4, 0.5) is 0 Å². The van der Waals surface area contributed by atoms with Gasteiger partial charge in [0.25, 0.3) is 0 Å². The molecule has 0 bridgehead atoms. The monoisotopic (exact) mass is 391 g/mol. The van der Waals surface area contributed by atoms with Crippen molar-refractivity contribution in [1.29, 1.82) is 0 Å². The van der Waals surface area contributed by atoms with E-state index in [1.54, 1.807) is 36.1 Å². The lowest BCUT2D eigenvalue weighted by Crippen LogP contribution is -2.32. The van der Waals surface area contributed by atoms with Crippen molar-refractivity contribution in [2.24, 2.45) is 13.0 Å². The molecule has 0 saturated carbocycles. The minimum absolute atomic E-state index is 0.116. The summed E-state index contributed by atoms with van der Waals surface area (Å²) in [5, 5.41) is 8.13. The van der Waals surface area contributed by atoms with Crippen LogP contribution in [0.1, 0.15) is 25.8 Å². The largest absolute Gasteiger partial charge is 0.497 e. The first-order valence-corrected chi connectivity index (χ1v) is 9.78. The Morgan fingerprint density at radius 1 is 1.19 bits per heavy atom. The fourth-order valence-electron chi connectivity index (χ4n) is 2.46. The van der Waals surface area contributed by atoms with Gasteiger partial charge in [-0.2, -0.15) is 14.8 Å². The standard InChI is InChI=1S/C17H21N5O4S/c1-11(2)15(17-18-16(20-26-17)14-9-10-22(3)19-14)21-27(23,24)13-7-5-12(25-4)6-8-13/h5-11,15,21H,1-4H3. The first-order valence-electron chi connectivity index (χ1n) is 8.30. The van der Waals surface area contributed by atoms with Gasteiger partial charge in [0.1, 0.15) is 17.5 Å². The van der Waals surface area contributed by atoms with Crippen LogP contribution in [0.15, 0.2) is 45.9 Å². The Labute approximate surface area is 157 Å². The average Bonchev–Trinajstić information content (AvgIpc) is 3.28. The van der Waals surface area contributed by atoms with E-state index in [-0.39, 0.29) is 16.7 Å². The number of benzene rings is 1. The molecule has 0 aliphatic heterocycles. The zero-order valence-corrected chi connectivity index (χ0v) is 16.3. The van der Waals surface area contributed by atoms with Gasteiger partial charge in [-0.05, 0) is 36.2 Å². The van der Waals surface area contributed by atoms with Gasteiger partial charge >= 0.3 is 0 Å². The van der Waals surface area contributed by atoms with Crippen LogP contribution in [0.5, 0.6) is 5.75 Å². The summed E-state index contributed by atoms with van der Waals surface area (Å²) in [5.41, 5.74) is 0.549. The Morgan fingerprint density at radius 2 is 1.89 bits per heavy atom. The Kier molecular flexibility index (Phi) is 5.29. The quantitative estimate of drug-likeness (QED) is 0.657. The summed E-state index contributed by atoms with van der Waals surface area (Å²) in [7, 11) is -0.481. The molecule has 1 atom stereocenters. The number of nitrogens with one attached hydrogen (secondary N) is 1. The Bertz CT molecular complexity index is 1010. The van der Waals surface area contributed by atoms with Crippen LogP contribution in [0.2, 0.25) is 0 Å². The van der Waals surface area contributed by atoms with Crippen molar-refractivity contribution in [2.75, 3.05) is 7.11 Å². The number of aromatic nitrogens is 4. The maximum atomic E-state index is 12.7. The van der Waals surface area contributed by atoms with E-state index in [4.69, 9.17) is 9.26 Å². The highest BCUT2D eigenvalue weighted by atomic mass is 32.2. The summed E-state index contributed by atoms with van der Waals surface area (Å²) in [6, 6.07) is 7.20. The first kappa shape index (κ1) is 19.1. The fourth-order valence-corrected chi connectivity index (χ4v) is 3.80. The van der Waals surface area contributed by atoms with Crippen molar-refractivity contribution in [1.82, 2.24) is 24.6 Å². The smallest absolute Gasteiger partial charge is 0.245 e. The molecule has 1 unspecified atom stereocenters. The number of hydrogen-bond donors (Lipinski definition) is 1. The Hall–Kier alpha value is -2.72. The van der Waals surface area contributed by atoms with Crippen LogP contribution in [0.25, 0.3) is 11.5 Å². The van der Waals surface area contributed by atoms with Crippen molar-refractivity contribution in [3.63, 3.8) is 0 Å². The van der Waals surface area contributed by atoms with Gasteiger partial charge in [-0.3, -0.25) is 4.68 Å². The molecule has 1 N–H and O–H groups in total. The van der Waals surface area contributed by atoms with E-state index in [2.05, 4.69) is 20.0 Å². The zero-order chi connectivity index (χ0) is 19.6. The molecule has 3 rings (SSSR count). The van der Waals surface area contributed by atoms with Crippen LogP contribution in [0.3, 0.4) is 0 Å². The van der Waals surface area contributed by atoms with E-state index in [1.165, 1.54) is 19.2 Å². The van der Waals surface area contributed by atoms with Gasteiger partial charge < -0.3 is 9.26 Å². The third-order valence-corrected chi connectivity index (χ3v) is 5.43. The molecule has 0 amide bonds. The van der Waals surface area contributed by atoms with Gasteiger partial charge in [0.05, 0.1) is 12.0 Å². The highest BCUT2D eigenvalue weighted by Crippen LogP contribution is 2.25. The average molecular weight is 391 g/mol. The minimum Gasteiger partial charge on any atom is -0.497 e. The van der Waals surface area contributed by atoms with Gasteiger partial charge in [-0.15, -0.1) is 0 Å². The molecule has 144 valence electrons. The highest BCUT2D eigenvalue weighted by Gasteiger charge is 2.29. The van der Waals surface area contributed by atoms with Crippen LogP contribution in [0, 0.1) is 5.92 Å². The zero-order valence-electron chi connectivity index (χ0n) is 15.4. The normalized spacial score (nSPS) is 13.1. The van der Waals surface area contributed by atoms with E-state index in [1.807, 2.05) is 13.8 Å². The second-order valence-corrected chi connectivity index (χ2v) is 8.06. The fraction of sp³-hybridized carbons (Fsp3) is 0.353. The molecule has 0 aliphatic carbocycles. The van der Waals surface area contributed by atoms with Crippen LogP contribution in [-0.4, -0.2) is 35.4 Å². The molecule has 1 aromatic carbocycles. The number of methoxy groups -OCH3 is 1. The summed E-state index contributed by atoms with van der Waals surface area (Å²) < 4.78 is 40.1. The SMILES string of the molecule is COc1ccc(S(=O)(=O)NC(c2nc(-c3ccn(C)n3)no2)C(C)C)cc1. The van der Waals surface area contributed by atoms with E-state index in [9.17, 15) is 8.42 Å². The molecule has 9 nitrogen and oxygen atoms in total. The molecule has 0 fully saturated rings. The van der Waals surface area contributed by atoms with E-state index in [0.29, 0.717) is 17.3 Å². The highest BCUT2D eigenvalue weighted by molar-refractivity contribution is 7.89. The minimum atomic E-state index is -3.78. The van der Waals surface area contributed by atoms with Crippen molar-refractivity contribution < 1.29 is 17.7 Å². The van der Waals surface area contributed by atoms with Crippen molar-refractivity contribution in [2.45, 2.75) is 24.8 Å². The van der Waals surface area contributed by atoms with Crippen LogP contribution in [-0.2, 0) is 17.1 Å². The van der Waals surface area contributed by atoms with Gasteiger partial charge in [0.2, 0.25) is 21.7 Å². The number of hydrogen-bond acceptors (Lipinski definition) is 7. The van der Waals surface area contributed by atoms with Crippen molar-refractivity contribution in [3.8, 4) is 17.3 Å². The number of aryl methyl sites for hydroxylation is 1. The van der Waals surface area contributed by atoms with Gasteiger partial charge in [-0.1, -0.05) is 19.0 Å². The molecule has 3 aromatic rings. The molecular weight excluding hydrogens is 370 g/mol. The number of rotatable bonds is 7. The third kappa shape index (κ3) is 4.17. The molecule has 27 heavy (non-hydrogen) atoms. The summed E-state index contributed by atoms with van der Waals surface area (Å²) in [6.07, 6.45) is 1.76. The Morgan fingerprint density at radius 3 is 2.44 bits per heavy atom. The van der Waals surface area contributed by atoms with Crippen molar-refractivity contribution in [3.05, 3.63) is 42.4 Å². The topological polar surface area (TPSA) is 112 Å². The molecule has 0 radical (unpaired) electrons. The molecule has 10 heteroatoms.